The van der Waals surface area contributed by atoms with Gasteiger partial charge in [-0.2, -0.15) is 0 Å². The molecule has 0 bridgehead atoms. The monoisotopic (exact) mass is 286 g/mol. The lowest BCUT2D eigenvalue weighted by Crippen LogP contribution is -2.02. The number of carboxylic acid groups (broad SMARTS) is 1. The van der Waals surface area contributed by atoms with Crippen molar-refractivity contribution >= 4 is 17.6 Å². The standard InChI is InChI=1S/C17H15FO3/c1-11-9-13(21-2)7-8-14(11)15(17(19)20)10-12-5-3-4-6-16(12)18/h3-10H,1-2H3,(H,19,20)/b15-10-. The van der Waals surface area contributed by atoms with Gasteiger partial charge in [-0.05, 0) is 42.3 Å². The number of aryl methyl sites for hydroxylation is 1. The minimum absolute atomic E-state index is 0.0419. The van der Waals surface area contributed by atoms with E-state index in [-0.39, 0.29) is 11.1 Å². The van der Waals surface area contributed by atoms with Crippen molar-refractivity contribution < 1.29 is 19.0 Å². The van der Waals surface area contributed by atoms with Gasteiger partial charge in [0, 0.05) is 5.56 Å². The molecule has 0 aromatic heterocycles. The Labute approximate surface area is 122 Å². The van der Waals surface area contributed by atoms with E-state index in [1.54, 1.807) is 44.4 Å². The van der Waals surface area contributed by atoms with E-state index in [9.17, 15) is 14.3 Å². The van der Waals surface area contributed by atoms with Crippen LogP contribution in [0.1, 0.15) is 16.7 Å². The Kier molecular flexibility index (Phi) is 4.38. The summed E-state index contributed by atoms with van der Waals surface area (Å²) in [7, 11) is 1.54. The van der Waals surface area contributed by atoms with Crippen molar-refractivity contribution in [3.63, 3.8) is 0 Å². The second-order valence-electron chi connectivity index (χ2n) is 4.57. The fraction of sp³-hybridized carbons (Fsp3) is 0.118. The predicted molar refractivity (Wildman–Crippen MR) is 79.6 cm³/mol. The van der Waals surface area contributed by atoms with Gasteiger partial charge in [-0.25, -0.2) is 9.18 Å². The molecule has 0 aliphatic carbocycles. The van der Waals surface area contributed by atoms with Crippen molar-refractivity contribution in [3.8, 4) is 5.75 Å². The maximum absolute atomic E-state index is 13.7. The molecule has 3 nitrogen and oxygen atoms in total. The first kappa shape index (κ1) is 14.8. The van der Waals surface area contributed by atoms with Crippen LogP contribution in [0.2, 0.25) is 0 Å². The van der Waals surface area contributed by atoms with Gasteiger partial charge in [0.05, 0.1) is 12.7 Å². The summed E-state index contributed by atoms with van der Waals surface area (Å²) in [5.41, 5.74) is 1.57. The largest absolute Gasteiger partial charge is 0.497 e. The van der Waals surface area contributed by atoms with Crippen LogP contribution in [0.5, 0.6) is 5.75 Å². The van der Waals surface area contributed by atoms with Crippen LogP contribution in [-0.4, -0.2) is 18.2 Å². The molecular weight excluding hydrogens is 271 g/mol. The third-order valence-electron chi connectivity index (χ3n) is 3.16. The number of hydrogen-bond donors (Lipinski definition) is 1. The van der Waals surface area contributed by atoms with Gasteiger partial charge in [-0.15, -0.1) is 0 Å². The van der Waals surface area contributed by atoms with Crippen molar-refractivity contribution in [3.05, 3.63) is 65.0 Å². The second kappa shape index (κ2) is 6.22. The minimum Gasteiger partial charge on any atom is -0.497 e. The number of rotatable bonds is 4. The summed E-state index contributed by atoms with van der Waals surface area (Å²) < 4.78 is 18.8. The highest BCUT2D eigenvalue weighted by molar-refractivity contribution is 6.21. The maximum atomic E-state index is 13.7. The molecule has 1 N–H and O–H groups in total. The van der Waals surface area contributed by atoms with Gasteiger partial charge in [-0.3, -0.25) is 0 Å². The first-order valence-corrected chi connectivity index (χ1v) is 6.37. The van der Waals surface area contributed by atoms with Crippen molar-refractivity contribution in [2.75, 3.05) is 7.11 Å². The lowest BCUT2D eigenvalue weighted by Gasteiger charge is -2.09. The fourth-order valence-corrected chi connectivity index (χ4v) is 2.07. The fourth-order valence-electron chi connectivity index (χ4n) is 2.07. The van der Waals surface area contributed by atoms with Crippen molar-refractivity contribution in [1.82, 2.24) is 0 Å². The van der Waals surface area contributed by atoms with Gasteiger partial charge in [0.15, 0.2) is 0 Å². The summed E-state index contributed by atoms with van der Waals surface area (Å²) >= 11 is 0. The molecule has 0 atom stereocenters. The minimum atomic E-state index is -1.11. The van der Waals surface area contributed by atoms with E-state index < -0.39 is 11.8 Å². The average Bonchev–Trinajstić information content (AvgIpc) is 2.46. The molecule has 2 aromatic rings. The highest BCUT2D eigenvalue weighted by Gasteiger charge is 2.14. The first-order valence-electron chi connectivity index (χ1n) is 6.37. The molecule has 0 saturated heterocycles. The Morgan fingerprint density at radius 3 is 2.52 bits per heavy atom. The molecule has 2 aromatic carbocycles. The molecule has 0 radical (unpaired) electrons. The van der Waals surface area contributed by atoms with E-state index in [0.717, 1.165) is 5.56 Å². The van der Waals surface area contributed by atoms with Crippen LogP contribution < -0.4 is 4.74 Å². The smallest absolute Gasteiger partial charge is 0.336 e. The van der Waals surface area contributed by atoms with E-state index in [0.29, 0.717) is 11.3 Å². The Morgan fingerprint density at radius 1 is 1.24 bits per heavy atom. The zero-order valence-electron chi connectivity index (χ0n) is 11.8. The van der Waals surface area contributed by atoms with E-state index in [1.165, 1.54) is 18.2 Å². The molecule has 0 aliphatic rings. The highest BCUT2D eigenvalue weighted by atomic mass is 19.1. The van der Waals surface area contributed by atoms with Gasteiger partial charge >= 0.3 is 5.97 Å². The number of carboxylic acids is 1. The van der Waals surface area contributed by atoms with Gasteiger partial charge in [0.2, 0.25) is 0 Å². The Balaban J connectivity index is 2.55. The van der Waals surface area contributed by atoms with Crippen LogP contribution in [0.3, 0.4) is 0 Å². The molecular formula is C17H15FO3. The summed E-state index contributed by atoms with van der Waals surface area (Å²) in [5, 5.41) is 9.41. The summed E-state index contributed by atoms with van der Waals surface area (Å²) in [5.74, 6) is -0.916. The molecule has 4 heteroatoms. The summed E-state index contributed by atoms with van der Waals surface area (Å²) in [6.07, 6.45) is 1.34. The first-order chi connectivity index (χ1) is 10.0. The molecule has 0 heterocycles. The van der Waals surface area contributed by atoms with Crippen molar-refractivity contribution in [1.29, 1.82) is 0 Å². The number of benzene rings is 2. The van der Waals surface area contributed by atoms with Crippen LogP contribution in [0.25, 0.3) is 11.6 Å². The Hall–Kier alpha value is -2.62. The second-order valence-corrected chi connectivity index (χ2v) is 4.57. The third kappa shape index (κ3) is 3.28. The number of hydrogen-bond acceptors (Lipinski definition) is 2. The molecule has 0 aliphatic heterocycles. The predicted octanol–water partition coefficient (Wildman–Crippen LogP) is 3.77. The van der Waals surface area contributed by atoms with Crippen LogP contribution in [0.15, 0.2) is 42.5 Å². The normalized spacial score (nSPS) is 11.3. The van der Waals surface area contributed by atoms with Crippen LogP contribution >= 0.6 is 0 Å². The lowest BCUT2D eigenvalue weighted by molar-refractivity contribution is -0.130. The molecule has 21 heavy (non-hydrogen) atoms. The quantitative estimate of drug-likeness (QED) is 0.687. The van der Waals surface area contributed by atoms with Crippen molar-refractivity contribution in [2.45, 2.75) is 6.92 Å². The topological polar surface area (TPSA) is 46.5 Å². The van der Waals surface area contributed by atoms with E-state index in [4.69, 9.17) is 4.74 Å². The highest BCUT2D eigenvalue weighted by Crippen LogP contribution is 2.26. The average molecular weight is 286 g/mol. The summed E-state index contributed by atoms with van der Waals surface area (Å²) in [4.78, 5) is 11.5. The number of halogens is 1. The van der Waals surface area contributed by atoms with E-state index >= 15 is 0 Å². The third-order valence-corrected chi connectivity index (χ3v) is 3.16. The van der Waals surface area contributed by atoms with Crippen molar-refractivity contribution in [2.24, 2.45) is 0 Å². The zero-order chi connectivity index (χ0) is 15.4. The Morgan fingerprint density at radius 2 is 1.95 bits per heavy atom. The molecule has 0 amide bonds. The molecule has 0 spiro atoms. The summed E-state index contributed by atoms with van der Waals surface area (Å²) in [6, 6.07) is 11.1. The van der Waals surface area contributed by atoms with E-state index in [1.807, 2.05) is 0 Å². The maximum Gasteiger partial charge on any atom is 0.336 e. The SMILES string of the molecule is COc1ccc(/C(=C/c2ccccc2F)C(=O)O)c(C)c1. The number of ether oxygens (including phenoxy) is 1. The van der Waals surface area contributed by atoms with Gasteiger partial charge < -0.3 is 9.84 Å². The number of carbonyl (C=O) groups is 1. The lowest BCUT2D eigenvalue weighted by atomic mass is 9.98. The van der Waals surface area contributed by atoms with Gasteiger partial charge in [-0.1, -0.05) is 24.3 Å². The molecule has 0 fully saturated rings. The van der Waals surface area contributed by atoms with Gasteiger partial charge in [0.25, 0.3) is 0 Å². The molecule has 0 unspecified atom stereocenters. The van der Waals surface area contributed by atoms with Crippen LogP contribution in [0, 0.1) is 12.7 Å². The molecule has 2 rings (SSSR count). The number of methoxy groups -OCH3 is 1. The van der Waals surface area contributed by atoms with Gasteiger partial charge in [0.1, 0.15) is 11.6 Å². The van der Waals surface area contributed by atoms with Crippen LogP contribution in [0.4, 0.5) is 4.39 Å². The van der Waals surface area contributed by atoms with Crippen LogP contribution in [-0.2, 0) is 4.79 Å². The molecule has 0 saturated carbocycles. The number of aliphatic carboxylic acids is 1. The molecule has 108 valence electrons. The van der Waals surface area contributed by atoms with E-state index in [2.05, 4.69) is 0 Å². The Bertz CT molecular complexity index is 705. The summed E-state index contributed by atoms with van der Waals surface area (Å²) in [6.45, 7) is 1.79. The zero-order valence-corrected chi connectivity index (χ0v) is 11.8.